The zero-order chi connectivity index (χ0) is 10.6. The first kappa shape index (κ1) is 10.2. The van der Waals surface area contributed by atoms with Gasteiger partial charge in [-0.1, -0.05) is 17.3 Å². The molecule has 0 aliphatic carbocycles. The molecule has 0 atom stereocenters. The molecule has 0 fully saturated rings. The summed E-state index contributed by atoms with van der Waals surface area (Å²) in [6.07, 6.45) is 0.180. The predicted octanol–water partition coefficient (Wildman–Crippen LogP) is 0.690. The SMILES string of the molecule is COc1cccc(C/C(N)=N/O)c1O. The molecule has 1 rings (SSSR count). The van der Waals surface area contributed by atoms with Gasteiger partial charge in [-0.25, -0.2) is 0 Å². The van der Waals surface area contributed by atoms with E-state index in [0.29, 0.717) is 11.3 Å². The number of para-hydroxylation sites is 1. The van der Waals surface area contributed by atoms with Crippen LogP contribution in [0.1, 0.15) is 5.56 Å². The van der Waals surface area contributed by atoms with Crippen molar-refractivity contribution < 1.29 is 15.1 Å². The van der Waals surface area contributed by atoms with Gasteiger partial charge in [-0.05, 0) is 6.07 Å². The van der Waals surface area contributed by atoms with Crippen LogP contribution in [-0.4, -0.2) is 23.3 Å². The first-order chi connectivity index (χ1) is 6.69. The molecule has 0 radical (unpaired) electrons. The number of ether oxygens (including phenoxy) is 1. The lowest BCUT2D eigenvalue weighted by Crippen LogP contribution is -2.14. The molecule has 5 nitrogen and oxygen atoms in total. The van der Waals surface area contributed by atoms with Crippen LogP contribution in [0.25, 0.3) is 0 Å². The first-order valence-corrected chi connectivity index (χ1v) is 4.00. The Morgan fingerprint density at radius 1 is 1.57 bits per heavy atom. The summed E-state index contributed by atoms with van der Waals surface area (Å²) in [5.74, 6) is 0.420. The third-order valence-corrected chi connectivity index (χ3v) is 1.80. The molecule has 14 heavy (non-hydrogen) atoms. The highest BCUT2D eigenvalue weighted by atomic mass is 16.5. The van der Waals surface area contributed by atoms with Crippen molar-refractivity contribution in [1.82, 2.24) is 0 Å². The van der Waals surface area contributed by atoms with Crippen LogP contribution in [0.5, 0.6) is 11.5 Å². The Kier molecular flexibility index (Phi) is 3.17. The van der Waals surface area contributed by atoms with E-state index in [-0.39, 0.29) is 18.0 Å². The maximum absolute atomic E-state index is 9.62. The van der Waals surface area contributed by atoms with Crippen molar-refractivity contribution in [2.24, 2.45) is 10.9 Å². The van der Waals surface area contributed by atoms with E-state index in [9.17, 15) is 5.11 Å². The van der Waals surface area contributed by atoms with Gasteiger partial charge in [0.25, 0.3) is 0 Å². The minimum Gasteiger partial charge on any atom is -0.504 e. The maximum atomic E-state index is 9.62. The van der Waals surface area contributed by atoms with E-state index in [1.807, 2.05) is 0 Å². The molecule has 1 aromatic carbocycles. The molecule has 0 amide bonds. The summed E-state index contributed by atoms with van der Waals surface area (Å²) < 4.78 is 4.91. The van der Waals surface area contributed by atoms with Gasteiger partial charge in [-0.2, -0.15) is 0 Å². The third kappa shape index (κ3) is 2.07. The summed E-state index contributed by atoms with van der Waals surface area (Å²) in [5, 5.41) is 20.8. The van der Waals surface area contributed by atoms with Crippen LogP contribution < -0.4 is 10.5 Å². The molecule has 0 saturated carbocycles. The highest BCUT2D eigenvalue weighted by Gasteiger charge is 2.08. The number of phenols is 1. The largest absolute Gasteiger partial charge is 0.504 e. The Bertz CT molecular complexity index is 350. The van der Waals surface area contributed by atoms with Gasteiger partial charge in [-0.3, -0.25) is 0 Å². The monoisotopic (exact) mass is 196 g/mol. The number of aromatic hydroxyl groups is 1. The van der Waals surface area contributed by atoms with Gasteiger partial charge < -0.3 is 20.8 Å². The van der Waals surface area contributed by atoms with Crippen LogP contribution in [0, 0.1) is 0 Å². The average molecular weight is 196 g/mol. The number of rotatable bonds is 3. The average Bonchev–Trinajstić information content (AvgIpc) is 2.21. The first-order valence-electron chi connectivity index (χ1n) is 4.00. The van der Waals surface area contributed by atoms with E-state index in [1.54, 1.807) is 18.2 Å². The normalized spacial score (nSPS) is 11.4. The quantitative estimate of drug-likeness (QED) is 0.287. The van der Waals surface area contributed by atoms with E-state index < -0.39 is 0 Å². The van der Waals surface area contributed by atoms with Gasteiger partial charge in [0.2, 0.25) is 0 Å². The maximum Gasteiger partial charge on any atom is 0.161 e. The second-order valence-electron chi connectivity index (χ2n) is 2.74. The molecule has 0 unspecified atom stereocenters. The summed E-state index contributed by atoms with van der Waals surface area (Å²) >= 11 is 0. The van der Waals surface area contributed by atoms with Crippen molar-refractivity contribution in [3.8, 4) is 11.5 Å². The van der Waals surface area contributed by atoms with Crippen molar-refractivity contribution in [2.75, 3.05) is 7.11 Å². The smallest absolute Gasteiger partial charge is 0.161 e. The molecule has 0 aromatic heterocycles. The van der Waals surface area contributed by atoms with Gasteiger partial charge in [0, 0.05) is 12.0 Å². The fourth-order valence-corrected chi connectivity index (χ4v) is 1.11. The van der Waals surface area contributed by atoms with Gasteiger partial charge in [0.1, 0.15) is 5.84 Å². The molecule has 0 spiro atoms. The van der Waals surface area contributed by atoms with Gasteiger partial charge in [0.05, 0.1) is 7.11 Å². The highest BCUT2D eigenvalue weighted by molar-refractivity contribution is 5.82. The third-order valence-electron chi connectivity index (χ3n) is 1.80. The molecule has 76 valence electrons. The van der Waals surface area contributed by atoms with Gasteiger partial charge in [0.15, 0.2) is 11.5 Å². The number of benzene rings is 1. The molecular weight excluding hydrogens is 184 g/mol. The van der Waals surface area contributed by atoms with E-state index in [4.69, 9.17) is 15.7 Å². The van der Waals surface area contributed by atoms with Crippen LogP contribution in [0.15, 0.2) is 23.4 Å². The van der Waals surface area contributed by atoms with E-state index in [1.165, 1.54) is 7.11 Å². The number of phenolic OH excluding ortho intramolecular Hbond substituents is 1. The lowest BCUT2D eigenvalue weighted by molar-refractivity contribution is 0.317. The summed E-state index contributed by atoms with van der Waals surface area (Å²) in [7, 11) is 1.46. The van der Waals surface area contributed by atoms with Crippen LogP contribution in [0.3, 0.4) is 0 Å². The van der Waals surface area contributed by atoms with Crippen molar-refractivity contribution in [3.05, 3.63) is 23.8 Å². The fourth-order valence-electron chi connectivity index (χ4n) is 1.11. The number of hydrogen-bond acceptors (Lipinski definition) is 4. The second kappa shape index (κ2) is 4.36. The summed E-state index contributed by atoms with van der Waals surface area (Å²) in [5.41, 5.74) is 5.87. The van der Waals surface area contributed by atoms with Gasteiger partial charge >= 0.3 is 0 Å². The summed E-state index contributed by atoms with van der Waals surface area (Å²) in [4.78, 5) is 0. The highest BCUT2D eigenvalue weighted by Crippen LogP contribution is 2.29. The van der Waals surface area contributed by atoms with E-state index in [2.05, 4.69) is 5.16 Å². The minimum atomic E-state index is 0.0154. The van der Waals surface area contributed by atoms with Crippen molar-refractivity contribution in [3.63, 3.8) is 0 Å². The number of nitrogens with zero attached hydrogens (tertiary/aromatic N) is 1. The Morgan fingerprint density at radius 3 is 2.86 bits per heavy atom. The van der Waals surface area contributed by atoms with Crippen molar-refractivity contribution in [2.45, 2.75) is 6.42 Å². The van der Waals surface area contributed by atoms with Crippen molar-refractivity contribution >= 4 is 5.84 Å². The van der Waals surface area contributed by atoms with Crippen molar-refractivity contribution in [1.29, 1.82) is 0 Å². The van der Waals surface area contributed by atoms with Crippen LogP contribution >= 0.6 is 0 Å². The predicted molar refractivity (Wildman–Crippen MR) is 51.8 cm³/mol. The number of methoxy groups -OCH3 is 1. The molecule has 1 aromatic rings. The molecule has 4 N–H and O–H groups in total. The second-order valence-corrected chi connectivity index (χ2v) is 2.74. The molecule has 0 heterocycles. The van der Waals surface area contributed by atoms with Gasteiger partial charge in [-0.15, -0.1) is 0 Å². The summed E-state index contributed by atoms with van der Waals surface area (Å²) in [6.45, 7) is 0. The molecule has 0 aliphatic heterocycles. The molecule has 0 aliphatic rings. The topological polar surface area (TPSA) is 88.1 Å². The number of hydrogen-bond donors (Lipinski definition) is 3. The van der Waals surface area contributed by atoms with Crippen LogP contribution in [-0.2, 0) is 6.42 Å². The Labute approximate surface area is 81.4 Å². The summed E-state index contributed by atoms with van der Waals surface area (Å²) in [6, 6.07) is 5.03. The molecule has 0 bridgehead atoms. The van der Waals surface area contributed by atoms with E-state index in [0.717, 1.165) is 0 Å². The lowest BCUT2D eigenvalue weighted by Gasteiger charge is -2.07. The lowest BCUT2D eigenvalue weighted by atomic mass is 10.1. The number of amidine groups is 1. The zero-order valence-electron chi connectivity index (χ0n) is 7.77. The Balaban J connectivity index is 2.98. The number of oxime groups is 1. The zero-order valence-corrected chi connectivity index (χ0v) is 7.77. The van der Waals surface area contributed by atoms with Crippen LogP contribution in [0.4, 0.5) is 0 Å². The standard InChI is InChI=1S/C9H12N2O3/c1-14-7-4-2-3-6(9(7)12)5-8(10)11-13/h2-4,12-13H,5H2,1H3,(H2,10,11). The number of nitrogens with two attached hydrogens (primary N) is 1. The minimum absolute atomic E-state index is 0.0154. The fraction of sp³-hybridized carbons (Fsp3) is 0.222. The molecule has 5 heteroatoms. The van der Waals surface area contributed by atoms with E-state index >= 15 is 0 Å². The molecule has 0 saturated heterocycles. The molecular formula is C9H12N2O3. The Morgan fingerprint density at radius 2 is 2.29 bits per heavy atom. The Hall–Kier alpha value is -1.91. The van der Waals surface area contributed by atoms with Crippen LogP contribution in [0.2, 0.25) is 0 Å².